The molecule has 1 aromatic heterocycles. The van der Waals surface area contributed by atoms with Gasteiger partial charge < -0.3 is 19.5 Å². The number of nitrogens with zero attached hydrogens (tertiary/aromatic N) is 2. The Morgan fingerprint density at radius 2 is 2.09 bits per heavy atom. The molecule has 0 radical (unpaired) electrons. The largest absolute Gasteiger partial charge is 0.493 e. The summed E-state index contributed by atoms with van der Waals surface area (Å²) in [5.41, 5.74) is 1.15. The summed E-state index contributed by atoms with van der Waals surface area (Å²) in [6.07, 6.45) is 5.26. The van der Waals surface area contributed by atoms with Gasteiger partial charge in [0, 0.05) is 24.5 Å². The summed E-state index contributed by atoms with van der Waals surface area (Å²) in [6.45, 7) is 9.70. The maximum absolute atomic E-state index is 13.4. The quantitative estimate of drug-likeness (QED) is 0.447. The molecule has 2 heterocycles. The highest BCUT2D eigenvalue weighted by Gasteiger charge is 2.33. The van der Waals surface area contributed by atoms with Gasteiger partial charge in [-0.05, 0) is 48.4 Å². The molecule has 1 aliphatic rings. The first kappa shape index (κ1) is 25.0. The third kappa shape index (κ3) is 6.69. The standard InChI is InChI=1S/C26H34N2O4S/c1-4-6-9-20(29)17-27(14-5-2)18-26(30)28-15-12-25-21(13-16-33-25)22(28)19-32-24-11-8-7-10-23(24)31-3/h4-5,7-8,10-11,13,16,20,22,29H,1-2,6,9,12,14-15,17-19H2,3H3/t20-,22+/m0/s1. The lowest BCUT2D eigenvalue weighted by Crippen LogP contribution is -2.47. The molecule has 1 aromatic carbocycles. The van der Waals surface area contributed by atoms with Gasteiger partial charge in [-0.2, -0.15) is 0 Å². The highest BCUT2D eigenvalue weighted by atomic mass is 32.1. The minimum Gasteiger partial charge on any atom is -0.493 e. The Bertz CT molecular complexity index is 929. The molecule has 1 N–H and O–H groups in total. The zero-order chi connectivity index (χ0) is 23.6. The van der Waals surface area contributed by atoms with Gasteiger partial charge in [0.15, 0.2) is 11.5 Å². The van der Waals surface area contributed by atoms with E-state index in [1.54, 1.807) is 30.6 Å². The first-order valence-corrected chi connectivity index (χ1v) is 12.2. The average Bonchev–Trinajstić information content (AvgIpc) is 3.30. The summed E-state index contributed by atoms with van der Waals surface area (Å²) in [7, 11) is 1.62. The molecule has 1 amide bonds. The fraction of sp³-hybridized carbons (Fsp3) is 0.423. The molecule has 0 saturated heterocycles. The van der Waals surface area contributed by atoms with Crippen LogP contribution < -0.4 is 9.47 Å². The van der Waals surface area contributed by atoms with Crippen LogP contribution in [0.5, 0.6) is 11.5 Å². The van der Waals surface area contributed by atoms with Gasteiger partial charge >= 0.3 is 0 Å². The summed E-state index contributed by atoms with van der Waals surface area (Å²) in [4.78, 5) is 18.6. The molecular weight excluding hydrogens is 436 g/mol. The van der Waals surface area contributed by atoms with Crippen molar-refractivity contribution in [1.82, 2.24) is 9.80 Å². The molecule has 0 spiro atoms. The van der Waals surface area contributed by atoms with E-state index in [-0.39, 0.29) is 18.5 Å². The number of aliphatic hydroxyl groups is 1. The lowest BCUT2D eigenvalue weighted by molar-refractivity contribution is -0.136. The predicted octanol–water partition coefficient (Wildman–Crippen LogP) is 4.08. The third-order valence-electron chi connectivity index (χ3n) is 5.80. The number of rotatable bonds is 13. The number of hydrogen-bond acceptors (Lipinski definition) is 6. The Morgan fingerprint density at radius 3 is 2.82 bits per heavy atom. The van der Waals surface area contributed by atoms with Crippen LogP contribution in [0.1, 0.15) is 29.3 Å². The van der Waals surface area contributed by atoms with Crippen molar-refractivity contribution in [3.8, 4) is 11.5 Å². The smallest absolute Gasteiger partial charge is 0.237 e. The van der Waals surface area contributed by atoms with Gasteiger partial charge in [0.25, 0.3) is 0 Å². The van der Waals surface area contributed by atoms with E-state index in [2.05, 4.69) is 24.6 Å². The molecule has 0 aliphatic carbocycles. The number of ether oxygens (including phenoxy) is 2. The van der Waals surface area contributed by atoms with Gasteiger partial charge in [-0.3, -0.25) is 9.69 Å². The van der Waals surface area contributed by atoms with E-state index in [0.29, 0.717) is 44.2 Å². The van der Waals surface area contributed by atoms with Crippen LogP contribution in [0.4, 0.5) is 0 Å². The maximum atomic E-state index is 13.4. The summed E-state index contributed by atoms with van der Waals surface area (Å²) >= 11 is 1.73. The molecule has 0 unspecified atom stereocenters. The van der Waals surface area contributed by atoms with Crippen LogP contribution in [-0.2, 0) is 11.2 Å². The monoisotopic (exact) mass is 470 g/mol. The average molecular weight is 471 g/mol. The fourth-order valence-electron chi connectivity index (χ4n) is 4.15. The molecule has 0 saturated carbocycles. The van der Waals surface area contributed by atoms with E-state index in [0.717, 1.165) is 18.4 Å². The number of para-hydroxylation sites is 2. The Balaban J connectivity index is 1.72. The minimum absolute atomic E-state index is 0.0262. The second kappa shape index (κ2) is 12.6. The number of aliphatic hydroxyl groups excluding tert-OH is 1. The topological polar surface area (TPSA) is 62.2 Å². The van der Waals surface area contributed by atoms with Gasteiger partial charge in [-0.15, -0.1) is 24.5 Å². The van der Waals surface area contributed by atoms with Crippen molar-refractivity contribution >= 4 is 17.2 Å². The van der Waals surface area contributed by atoms with Crippen molar-refractivity contribution in [1.29, 1.82) is 0 Å². The molecule has 7 heteroatoms. The van der Waals surface area contributed by atoms with Crippen molar-refractivity contribution in [2.75, 3.05) is 39.9 Å². The van der Waals surface area contributed by atoms with Crippen LogP contribution in [-0.4, -0.2) is 66.8 Å². The second-order valence-electron chi connectivity index (χ2n) is 8.12. The van der Waals surface area contributed by atoms with E-state index < -0.39 is 6.10 Å². The Kier molecular flexibility index (Phi) is 9.54. The molecule has 3 rings (SSSR count). The van der Waals surface area contributed by atoms with Gasteiger partial charge in [0.05, 0.1) is 25.8 Å². The van der Waals surface area contributed by atoms with Crippen LogP contribution in [0.2, 0.25) is 0 Å². The lowest BCUT2D eigenvalue weighted by Gasteiger charge is -2.37. The highest BCUT2D eigenvalue weighted by Crippen LogP contribution is 2.35. The summed E-state index contributed by atoms with van der Waals surface area (Å²) in [5.74, 6) is 1.36. The SMILES string of the molecule is C=CCC[C@H](O)CN(CC=C)CC(=O)N1CCc2sccc2[C@H]1COc1ccccc1OC. The Morgan fingerprint density at radius 1 is 1.30 bits per heavy atom. The second-order valence-corrected chi connectivity index (χ2v) is 9.12. The first-order valence-electron chi connectivity index (χ1n) is 11.3. The van der Waals surface area contributed by atoms with Crippen LogP contribution in [0.15, 0.2) is 61.0 Å². The molecule has 178 valence electrons. The van der Waals surface area contributed by atoms with E-state index in [1.165, 1.54) is 4.88 Å². The van der Waals surface area contributed by atoms with Crippen LogP contribution in [0.25, 0.3) is 0 Å². The van der Waals surface area contributed by atoms with Gasteiger partial charge in [0.2, 0.25) is 5.91 Å². The number of thiophene rings is 1. The highest BCUT2D eigenvalue weighted by molar-refractivity contribution is 7.10. The molecule has 6 nitrogen and oxygen atoms in total. The fourth-order valence-corrected chi connectivity index (χ4v) is 5.08. The van der Waals surface area contributed by atoms with Crippen molar-refractivity contribution in [3.05, 3.63) is 71.5 Å². The van der Waals surface area contributed by atoms with Gasteiger partial charge in [-0.1, -0.05) is 24.3 Å². The number of carbonyl (C=O) groups excluding carboxylic acids is 1. The number of hydrogen-bond donors (Lipinski definition) is 1. The first-order chi connectivity index (χ1) is 16.1. The zero-order valence-corrected chi connectivity index (χ0v) is 20.1. The zero-order valence-electron chi connectivity index (χ0n) is 19.3. The third-order valence-corrected chi connectivity index (χ3v) is 6.80. The van der Waals surface area contributed by atoms with Crippen LogP contribution in [0.3, 0.4) is 0 Å². The molecule has 2 aromatic rings. The molecule has 1 aliphatic heterocycles. The van der Waals surface area contributed by atoms with E-state index >= 15 is 0 Å². The van der Waals surface area contributed by atoms with Crippen LogP contribution in [0, 0.1) is 0 Å². The number of allylic oxidation sites excluding steroid dienone is 1. The summed E-state index contributed by atoms with van der Waals surface area (Å²) < 4.78 is 11.6. The summed E-state index contributed by atoms with van der Waals surface area (Å²) in [6, 6.07) is 9.46. The van der Waals surface area contributed by atoms with Crippen molar-refractivity contribution in [2.24, 2.45) is 0 Å². The van der Waals surface area contributed by atoms with E-state index in [4.69, 9.17) is 9.47 Å². The number of carbonyl (C=O) groups is 1. The van der Waals surface area contributed by atoms with Crippen molar-refractivity contribution in [3.63, 3.8) is 0 Å². The molecule has 33 heavy (non-hydrogen) atoms. The number of methoxy groups -OCH3 is 1. The minimum atomic E-state index is -0.509. The van der Waals surface area contributed by atoms with Crippen molar-refractivity contribution < 1.29 is 19.4 Å². The normalized spacial score (nSPS) is 16.2. The van der Waals surface area contributed by atoms with Gasteiger partial charge in [0.1, 0.15) is 6.61 Å². The number of benzene rings is 1. The molecule has 0 fully saturated rings. The Hall–Kier alpha value is -2.61. The molecule has 0 bridgehead atoms. The predicted molar refractivity (Wildman–Crippen MR) is 133 cm³/mol. The maximum Gasteiger partial charge on any atom is 0.237 e. The molecule has 2 atom stereocenters. The van der Waals surface area contributed by atoms with Crippen molar-refractivity contribution in [2.45, 2.75) is 31.4 Å². The van der Waals surface area contributed by atoms with E-state index in [9.17, 15) is 9.90 Å². The van der Waals surface area contributed by atoms with E-state index in [1.807, 2.05) is 34.1 Å². The lowest BCUT2D eigenvalue weighted by atomic mass is 10.0. The number of fused-ring (bicyclic) bond motifs is 1. The summed E-state index contributed by atoms with van der Waals surface area (Å²) in [5, 5.41) is 12.4. The van der Waals surface area contributed by atoms with Gasteiger partial charge in [-0.25, -0.2) is 0 Å². The number of amides is 1. The molecular formula is C26H34N2O4S. The van der Waals surface area contributed by atoms with Crippen LogP contribution >= 0.6 is 11.3 Å². The Labute approximate surface area is 200 Å².